The van der Waals surface area contributed by atoms with Gasteiger partial charge in [0.1, 0.15) is 11.6 Å². The molecular weight excluding hydrogens is 381 g/mol. The molecule has 0 unspecified atom stereocenters. The number of rotatable bonds is 9. The van der Waals surface area contributed by atoms with Gasteiger partial charge < -0.3 is 9.64 Å². The molecule has 2 aromatic carbocycles. The molecule has 1 aliphatic rings. The van der Waals surface area contributed by atoms with Gasteiger partial charge in [-0.3, -0.25) is 4.79 Å². The van der Waals surface area contributed by atoms with E-state index in [0.29, 0.717) is 37.3 Å². The van der Waals surface area contributed by atoms with E-state index in [4.69, 9.17) is 4.74 Å². The minimum atomic E-state index is -3.23. The van der Waals surface area contributed by atoms with E-state index < -0.39 is 9.84 Å². The van der Waals surface area contributed by atoms with E-state index in [9.17, 15) is 17.6 Å². The standard InChI is InChI=1S/C21H24FNO4S/c1-28(25,26)19-12-10-18(11-13-19)27-14-4-7-21(24)23(17-8-9-17)15-16-5-2-3-6-20(16)22/h2-3,5-6,10-13,17H,4,7-9,14-15H2,1H3. The molecule has 1 aliphatic carbocycles. The molecule has 150 valence electrons. The van der Waals surface area contributed by atoms with Crippen molar-refractivity contribution in [3.8, 4) is 5.75 Å². The highest BCUT2D eigenvalue weighted by Crippen LogP contribution is 2.29. The van der Waals surface area contributed by atoms with Gasteiger partial charge in [0.05, 0.1) is 11.5 Å². The third-order valence-corrected chi connectivity index (χ3v) is 5.79. The molecule has 0 N–H and O–H groups in total. The number of nitrogens with zero attached hydrogens (tertiary/aromatic N) is 1. The van der Waals surface area contributed by atoms with Gasteiger partial charge in [-0.1, -0.05) is 18.2 Å². The Morgan fingerprint density at radius 1 is 1.14 bits per heavy atom. The van der Waals surface area contributed by atoms with Crippen LogP contribution in [0.5, 0.6) is 5.75 Å². The summed E-state index contributed by atoms with van der Waals surface area (Å²) >= 11 is 0. The van der Waals surface area contributed by atoms with Crippen molar-refractivity contribution in [3.63, 3.8) is 0 Å². The van der Waals surface area contributed by atoms with E-state index in [1.54, 1.807) is 35.2 Å². The van der Waals surface area contributed by atoms with Crippen LogP contribution in [0.15, 0.2) is 53.4 Å². The molecule has 0 aliphatic heterocycles. The normalized spacial score (nSPS) is 13.9. The third-order valence-electron chi connectivity index (χ3n) is 4.66. The molecule has 1 saturated carbocycles. The molecule has 28 heavy (non-hydrogen) atoms. The fourth-order valence-electron chi connectivity index (χ4n) is 2.96. The highest BCUT2D eigenvalue weighted by molar-refractivity contribution is 7.90. The van der Waals surface area contributed by atoms with Crippen LogP contribution < -0.4 is 4.74 Å². The molecule has 0 aromatic heterocycles. The van der Waals surface area contributed by atoms with Crippen molar-refractivity contribution in [1.82, 2.24) is 4.90 Å². The number of carbonyl (C=O) groups excluding carboxylic acids is 1. The minimum Gasteiger partial charge on any atom is -0.494 e. The maximum Gasteiger partial charge on any atom is 0.223 e. The summed E-state index contributed by atoms with van der Waals surface area (Å²) in [7, 11) is -3.23. The van der Waals surface area contributed by atoms with Crippen LogP contribution in [0, 0.1) is 5.82 Å². The Kier molecular flexibility index (Phi) is 6.34. The first-order chi connectivity index (χ1) is 13.3. The average molecular weight is 405 g/mol. The van der Waals surface area contributed by atoms with Gasteiger partial charge >= 0.3 is 0 Å². The largest absolute Gasteiger partial charge is 0.494 e. The van der Waals surface area contributed by atoms with Crippen LogP contribution in [0.1, 0.15) is 31.2 Å². The average Bonchev–Trinajstić information content (AvgIpc) is 3.49. The van der Waals surface area contributed by atoms with Crippen molar-refractivity contribution < 1.29 is 22.3 Å². The van der Waals surface area contributed by atoms with Gasteiger partial charge in [-0.05, 0) is 49.6 Å². The Morgan fingerprint density at radius 2 is 1.82 bits per heavy atom. The smallest absolute Gasteiger partial charge is 0.223 e. The molecule has 1 fully saturated rings. The lowest BCUT2D eigenvalue weighted by Gasteiger charge is -2.23. The highest BCUT2D eigenvalue weighted by atomic mass is 32.2. The van der Waals surface area contributed by atoms with Crippen molar-refractivity contribution in [3.05, 3.63) is 59.9 Å². The minimum absolute atomic E-state index is 0.00165. The van der Waals surface area contributed by atoms with Gasteiger partial charge in [0.15, 0.2) is 9.84 Å². The molecule has 3 rings (SSSR count). The van der Waals surface area contributed by atoms with Gasteiger partial charge in [-0.15, -0.1) is 0 Å². The Hall–Kier alpha value is -2.41. The summed E-state index contributed by atoms with van der Waals surface area (Å²) in [6, 6.07) is 12.9. The van der Waals surface area contributed by atoms with Gasteiger partial charge in [0.25, 0.3) is 0 Å². The van der Waals surface area contributed by atoms with E-state index in [1.807, 2.05) is 0 Å². The summed E-state index contributed by atoms with van der Waals surface area (Å²) in [6.07, 6.45) is 3.94. The summed E-state index contributed by atoms with van der Waals surface area (Å²) in [4.78, 5) is 14.6. The molecule has 1 amide bonds. The van der Waals surface area contributed by atoms with Crippen LogP contribution >= 0.6 is 0 Å². The second-order valence-corrected chi connectivity index (χ2v) is 9.06. The molecule has 0 bridgehead atoms. The molecule has 0 heterocycles. The summed E-state index contributed by atoms with van der Waals surface area (Å²) in [5, 5.41) is 0. The number of halogens is 1. The zero-order chi connectivity index (χ0) is 20.1. The zero-order valence-corrected chi connectivity index (χ0v) is 16.6. The topological polar surface area (TPSA) is 63.7 Å². The number of ether oxygens (including phenoxy) is 1. The lowest BCUT2D eigenvalue weighted by Crippen LogP contribution is -2.33. The first kappa shape index (κ1) is 20.3. The number of carbonyl (C=O) groups is 1. The Labute approximate surface area is 165 Å². The van der Waals surface area contributed by atoms with Gasteiger partial charge in [-0.25, -0.2) is 12.8 Å². The monoisotopic (exact) mass is 405 g/mol. The lowest BCUT2D eigenvalue weighted by molar-refractivity contribution is -0.132. The van der Waals surface area contributed by atoms with Crippen LogP contribution in [0.25, 0.3) is 0 Å². The molecule has 7 heteroatoms. The molecule has 2 aromatic rings. The van der Waals surface area contributed by atoms with Crippen molar-refractivity contribution in [2.24, 2.45) is 0 Å². The van der Waals surface area contributed by atoms with Crippen molar-refractivity contribution in [2.75, 3.05) is 12.9 Å². The van der Waals surface area contributed by atoms with Crippen LogP contribution in [0.3, 0.4) is 0 Å². The number of hydrogen-bond donors (Lipinski definition) is 0. The highest BCUT2D eigenvalue weighted by Gasteiger charge is 2.32. The third kappa shape index (κ3) is 5.55. The van der Waals surface area contributed by atoms with E-state index in [-0.39, 0.29) is 22.7 Å². The van der Waals surface area contributed by atoms with Crippen molar-refractivity contribution in [1.29, 1.82) is 0 Å². The van der Waals surface area contributed by atoms with Gasteiger partial charge in [-0.2, -0.15) is 0 Å². The first-order valence-corrected chi connectivity index (χ1v) is 11.2. The fourth-order valence-corrected chi connectivity index (χ4v) is 3.59. The van der Waals surface area contributed by atoms with E-state index in [1.165, 1.54) is 18.2 Å². The predicted octanol–water partition coefficient (Wildman–Crippen LogP) is 3.58. The summed E-state index contributed by atoms with van der Waals surface area (Å²) in [5.41, 5.74) is 0.532. The van der Waals surface area contributed by atoms with Crippen LogP contribution in [0.4, 0.5) is 4.39 Å². The Morgan fingerprint density at radius 3 is 2.43 bits per heavy atom. The summed E-state index contributed by atoms with van der Waals surface area (Å²) in [5.74, 6) is 0.272. The van der Waals surface area contributed by atoms with Crippen LogP contribution in [-0.2, 0) is 21.2 Å². The number of hydrogen-bond acceptors (Lipinski definition) is 4. The molecule has 5 nitrogen and oxygen atoms in total. The Balaban J connectivity index is 1.48. The quantitative estimate of drug-likeness (QED) is 0.598. The molecular formula is C21H24FNO4S. The SMILES string of the molecule is CS(=O)(=O)c1ccc(OCCCC(=O)N(Cc2ccccc2F)C2CC2)cc1. The molecule has 0 saturated heterocycles. The number of amides is 1. The zero-order valence-electron chi connectivity index (χ0n) is 15.8. The number of sulfone groups is 1. The van der Waals surface area contributed by atoms with Gasteiger partial charge in [0.2, 0.25) is 5.91 Å². The fraction of sp³-hybridized carbons (Fsp3) is 0.381. The second-order valence-electron chi connectivity index (χ2n) is 7.04. The van der Waals surface area contributed by atoms with E-state index >= 15 is 0 Å². The van der Waals surface area contributed by atoms with Gasteiger partial charge in [0, 0.05) is 30.8 Å². The number of benzene rings is 2. The van der Waals surface area contributed by atoms with Crippen molar-refractivity contribution >= 4 is 15.7 Å². The van der Waals surface area contributed by atoms with Crippen LogP contribution in [-0.4, -0.2) is 38.1 Å². The lowest BCUT2D eigenvalue weighted by atomic mass is 10.2. The van der Waals surface area contributed by atoms with Crippen molar-refractivity contribution in [2.45, 2.75) is 43.2 Å². The van der Waals surface area contributed by atoms with E-state index in [2.05, 4.69) is 0 Å². The predicted molar refractivity (Wildman–Crippen MR) is 104 cm³/mol. The molecule has 0 atom stereocenters. The summed E-state index contributed by atoms with van der Waals surface area (Å²) in [6.45, 7) is 0.645. The Bertz CT molecular complexity index is 924. The molecule has 0 radical (unpaired) electrons. The maximum atomic E-state index is 13.9. The summed E-state index contributed by atoms with van der Waals surface area (Å²) < 4.78 is 42.4. The second kappa shape index (κ2) is 8.73. The maximum absolute atomic E-state index is 13.9. The van der Waals surface area contributed by atoms with Crippen LogP contribution in [0.2, 0.25) is 0 Å². The molecule has 0 spiro atoms. The van der Waals surface area contributed by atoms with E-state index in [0.717, 1.165) is 19.1 Å². The first-order valence-electron chi connectivity index (χ1n) is 9.30.